The molecule has 20 heavy (non-hydrogen) atoms. The quantitative estimate of drug-likeness (QED) is 0.799. The number of anilines is 1. The number of nitrogen functional groups attached to an aromatic ring is 1. The zero-order chi connectivity index (χ0) is 14.5. The van der Waals surface area contributed by atoms with Crippen LogP contribution >= 0.6 is 15.9 Å². The lowest BCUT2D eigenvalue weighted by molar-refractivity contribution is 0.316. The standard InChI is InChI=1S/C15H15BrFNO2/c1-2-5-19-12-7-11(18)8-13(9-12)20-15-6-10(17)3-4-14(15)16/h3-4,6-9H,2,5,18H2,1H3. The van der Waals surface area contributed by atoms with Gasteiger partial charge in [-0.1, -0.05) is 6.92 Å². The first-order valence-corrected chi connectivity index (χ1v) is 7.04. The van der Waals surface area contributed by atoms with Gasteiger partial charge in [-0.25, -0.2) is 4.39 Å². The second-order valence-corrected chi connectivity index (χ2v) is 5.12. The van der Waals surface area contributed by atoms with Gasteiger partial charge in [-0.15, -0.1) is 0 Å². The maximum atomic E-state index is 13.2. The molecule has 0 fully saturated rings. The summed E-state index contributed by atoms with van der Waals surface area (Å²) in [5.41, 5.74) is 6.34. The van der Waals surface area contributed by atoms with Gasteiger partial charge in [0.25, 0.3) is 0 Å². The molecule has 0 aromatic heterocycles. The van der Waals surface area contributed by atoms with Crippen LogP contribution in [0.5, 0.6) is 17.2 Å². The molecule has 0 radical (unpaired) electrons. The van der Waals surface area contributed by atoms with Gasteiger partial charge in [0.05, 0.1) is 11.1 Å². The molecule has 0 aliphatic carbocycles. The Morgan fingerprint density at radius 1 is 1.15 bits per heavy atom. The van der Waals surface area contributed by atoms with Crippen molar-refractivity contribution in [1.29, 1.82) is 0 Å². The summed E-state index contributed by atoms with van der Waals surface area (Å²) in [5, 5.41) is 0. The molecule has 2 rings (SSSR count). The normalized spacial score (nSPS) is 10.3. The Bertz CT molecular complexity index is 604. The van der Waals surface area contributed by atoms with Crippen LogP contribution in [0.2, 0.25) is 0 Å². The first kappa shape index (κ1) is 14.7. The third-order valence-electron chi connectivity index (χ3n) is 2.50. The largest absolute Gasteiger partial charge is 0.493 e. The summed E-state index contributed by atoms with van der Waals surface area (Å²) in [5.74, 6) is 1.16. The summed E-state index contributed by atoms with van der Waals surface area (Å²) in [6.45, 7) is 2.63. The van der Waals surface area contributed by atoms with Gasteiger partial charge < -0.3 is 15.2 Å². The molecule has 0 atom stereocenters. The van der Waals surface area contributed by atoms with E-state index in [0.717, 1.165) is 6.42 Å². The van der Waals surface area contributed by atoms with Gasteiger partial charge in [0.15, 0.2) is 0 Å². The summed E-state index contributed by atoms with van der Waals surface area (Å²) in [6.07, 6.45) is 0.903. The Hall–Kier alpha value is -1.75. The predicted molar refractivity (Wildman–Crippen MR) is 80.8 cm³/mol. The molecule has 2 aromatic rings. The van der Waals surface area contributed by atoms with Crippen molar-refractivity contribution in [3.63, 3.8) is 0 Å². The van der Waals surface area contributed by atoms with E-state index in [-0.39, 0.29) is 5.82 Å². The molecule has 0 spiro atoms. The topological polar surface area (TPSA) is 44.5 Å². The molecule has 0 bridgehead atoms. The molecule has 5 heteroatoms. The lowest BCUT2D eigenvalue weighted by atomic mass is 10.2. The van der Waals surface area contributed by atoms with E-state index in [1.807, 2.05) is 6.92 Å². The smallest absolute Gasteiger partial charge is 0.144 e. The lowest BCUT2D eigenvalue weighted by Gasteiger charge is -2.11. The summed E-state index contributed by atoms with van der Waals surface area (Å²) >= 11 is 3.31. The van der Waals surface area contributed by atoms with E-state index in [1.165, 1.54) is 12.1 Å². The molecule has 0 amide bonds. The molecule has 2 N–H and O–H groups in total. The molecular weight excluding hydrogens is 325 g/mol. The number of halogens is 2. The second-order valence-electron chi connectivity index (χ2n) is 4.26. The second kappa shape index (κ2) is 6.61. The van der Waals surface area contributed by atoms with Gasteiger partial charge >= 0.3 is 0 Å². The van der Waals surface area contributed by atoms with E-state index in [1.54, 1.807) is 24.3 Å². The monoisotopic (exact) mass is 339 g/mol. The molecule has 0 aliphatic heterocycles. The van der Waals surface area contributed by atoms with Crippen molar-refractivity contribution in [2.75, 3.05) is 12.3 Å². The molecule has 0 saturated carbocycles. The minimum Gasteiger partial charge on any atom is -0.493 e. The summed E-state index contributed by atoms with van der Waals surface area (Å²) in [6, 6.07) is 9.36. The number of benzene rings is 2. The number of nitrogens with two attached hydrogens (primary N) is 1. The van der Waals surface area contributed by atoms with E-state index in [0.29, 0.717) is 34.0 Å². The summed E-state index contributed by atoms with van der Waals surface area (Å²) < 4.78 is 25.1. The number of hydrogen-bond acceptors (Lipinski definition) is 3. The zero-order valence-electron chi connectivity index (χ0n) is 11.0. The zero-order valence-corrected chi connectivity index (χ0v) is 12.6. The van der Waals surface area contributed by atoms with E-state index in [9.17, 15) is 4.39 Å². The van der Waals surface area contributed by atoms with Gasteiger partial charge in [0.2, 0.25) is 0 Å². The minimum absolute atomic E-state index is 0.366. The Balaban J connectivity index is 2.24. The summed E-state index contributed by atoms with van der Waals surface area (Å²) in [7, 11) is 0. The van der Waals surface area contributed by atoms with Crippen LogP contribution in [0.25, 0.3) is 0 Å². The highest BCUT2D eigenvalue weighted by atomic mass is 79.9. The lowest BCUT2D eigenvalue weighted by Crippen LogP contribution is -1.97. The van der Waals surface area contributed by atoms with E-state index >= 15 is 0 Å². The Kier molecular flexibility index (Phi) is 4.84. The van der Waals surface area contributed by atoms with E-state index < -0.39 is 0 Å². The maximum absolute atomic E-state index is 13.2. The highest BCUT2D eigenvalue weighted by molar-refractivity contribution is 9.10. The number of rotatable bonds is 5. The number of hydrogen-bond donors (Lipinski definition) is 1. The van der Waals surface area contributed by atoms with Gasteiger partial charge in [0, 0.05) is 30.0 Å². The first-order valence-electron chi connectivity index (χ1n) is 6.24. The van der Waals surface area contributed by atoms with Crippen molar-refractivity contribution >= 4 is 21.6 Å². The molecule has 106 valence electrons. The van der Waals surface area contributed by atoms with Crippen LogP contribution in [0.1, 0.15) is 13.3 Å². The molecular formula is C15H15BrFNO2. The Labute approximate surface area is 125 Å². The van der Waals surface area contributed by atoms with Crippen molar-refractivity contribution in [3.05, 3.63) is 46.7 Å². The van der Waals surface area contributed by atoms with Crippen LogP contribution in [0.15, 0.2) is 40.9 Å². The molecule has 0 saturated heterocycles. The van der Waals surface area contributed by atoms with E-state index in [4.69, 9.17) is 15.2 Å². The van der Waals surface area contributed by atoms with Crippen LogP contribution < -0.4 is 15.2 Å². The Morgan fingerprint density at radius 3 is 2.65 bits per heavy atom. The maximum Gasteiger partial charge on any atom is 0.144 e. The van der Waals surface area contributed by atoms with E-state index in [2.05, 4.69) is 15.9 Å². The Morgan fingerprint density at radius 2 is 1.90 bits per heavy atom. The van der Waals surface area contributed by atoms with Gasteiger partial charge in [-0.05, 0) is 34.5 Å². The van der Waals surface area contributed by atoms with Crippen LogP contribution in [0.3, 0.4) is 0 Å². The fourth-order valence-electron chi connectivity index (χ4n) is 1.64. The average Bonchev–Trinajstić information content (AvgIpc) is 2.40. The number of ether oxygens (including phenoxy) is 2. The van der Waals surface area contributed by atoms with Crippen molar-refractivity contribution in [2.24, 2.45) is 0 Å². The highest BCUT2D eigenvalue weighted by Crippen LogP contribution is 2.33. The van der Waals surface area contributed by atoms with Crippen LogP contribution in [-0.4, -0.2) is 6.61 Å². The first-order chi connectivity index (χ1) is 9.58. The third-order valence-corrected chi connectivity index (χ3v) is 3.15. The fourth-order valence-corrected chi connectivity index (χ4v) is 1.97. The van der Waals surface area contributed by atoms with Gasteiger partial charge in [0.1, 0.15) is 23.1 Å². The average molecular weight is 340 g/mol. The molecule has 0 heterocycles. The predicted octanol–water partition coefficient (Wildman–Crippen LogP) is 4.75. The molecule has 0 aliphatic rings. The third kappa shape index (κ3) is 3.87. The van der Waals surface area contributed by atoms with Crippen molar-refractivity contribution in [1.82, 2.24) is 0 Å². The molecule has 3 nitrogen and oxygen atoms in total. The fraction of sp³-hybridized carbons (Fsp3) is 0.200. The minimum atomic E-state index is -0.366. The van der Waals surface area contributed by atoms with Gasteiger partial charge in [-0.3, -0.25) is 0 Å². The SMILES string of the molecule is CCCOc1cc(N)cc(Oc2cc(F)ccc2Br)c1. The molecule has 2 aromatic carbocycles. The van der Waals surface area contributed by atoms with Crippen molar-refractivity contribution in [2.45, 2.75) is 13.3 Å². The van der Waals surface area contributed by atoms with Gasteiger partial charge in [-0.2, -0.15) is 0 Å². The molecule has 0 unspecified atom stereocenters. The van der Waals surface area contributed by atoms with Crippen molar-refractivity contribution in [3.8, 4) is 17.2 Å². The highest BCUT2D eigenvalue weighted by Gasteiger charge is 2.07. The van der Waals surface area contributed by atoms with Crippen LogP contribution in [0, 0.1) is 5.82 Å². The van der Waals surface area contributed by atoms with Crippen molar-refractivity contribution < 1.29 is 13.9 Å². The van der Waals surface area contributed by atoms with Crippen LogP contribution in [0.4, 0.5) is 10.1 Å². The van der Waals surface area contributed by atoms with Crippen LogP contribution in [-0.2, 0) is 0 Å². The summed E-state index contributed by atoms with van der Waals surface area (Å²) in [4.78, 5) is 0.